The van der Waals surface area contributed by atoms with Crippen molar-refractivity contribution in [1.29, 1.82) is 0 Å². The largest absolute Gasteiger partial charge is 0.496 e. The monoisotopic (exact) mass is 445 g/mol. The van der Waals surface area contributed by atoms with E-state index in [1.807, 2.05) is 0 Å². The van der Waals surface area contributed by atoms with Crippen molar-refractivity contribution in [3.63, 3.8) is 0 Å². The first-order valence-electron chi connectivity index (χ1n) is 10.6. The Balaban J connectivity index is 1.74. The number of alkyl halides is 3. The summed E-state index contributed by atoms with van der Waals surface area (Å²) in [4.78, 5) is 15.5. The smallest absolute Gasteiger partial charge is 0.450 e. The third-order valence-electron chi connectivity index (χ3n) is 6.34. The number of benzene rings is 2. The number of ether oxygens (including phenoxy) is 2. The number of halogens is 3. The van der Waals surface area contributed by atoms with E-state index in [1.165, 1.54) is 25.3 Å². The fraction of sp³-hybridized carbons (Fsp3) is 0.375. The molecule has 0 atom stereocenters. The van der Waals surface area contributed by atoms with E-state index < -0.39 is 22.9 Å². The summed E-state index contributed by atoms with van der Waals surface area (Å²) >= 11 is 0. The third-order valence-corrected chi connectivity index (χ3v) is 6.34. The number of para-hydroxylation sites is 1. The van der Waals surface area contributed by atoms with E-state index in [9.17, 15) is 18.0 Å². The molecule has 0 amide bonds. The van der Waals surface area contributed by atoms with Gasteiger partial charge in [-0.05, 0) is 31.0 Å². The van der Waals surface area contributed by atoms with Crippen LogP contribution in [0.15, 0.2) is 45.6 Å². The minimum Gasteiger partial charge on any atom is -0.496 e. The molecule has 0 N–H and O–H groups in total. The van der Waals surface area contributed by atoms with Crippen LogP contribution in [0, 0.1) is 0 Å². The van der Waals surface area contributed by atoms with Crippen LogP contribution in [0.1, 0.15) is 37.0 Å². The number of fused-ring (bicyclic) bond motifs is 3. The zero-order chi connectivity index (χ0) is 22.5. The minimum atomic E-state index is -4.87. The van der Waals surface area contributed by atoms with Gasteiger partial charge >= 0.3 is 6.18 Å². The van der Waals surface area contributed by atoms with E-state index in [2.05, 4.69) is 4.90 Å². The average molecular weight is 445 g/mol. The van der Waals surface area contributed by atoms with Crippen LogP contribution in [0.4, 0.5) is 13.2 Å². The van der Waals surface area contributed by atoms with Crippen LogP contribution in [-0.2, 0) is 12.7 Å². The second kappa shape index (κ2) is 7.85. The number of rotatable bonds is 3. The highest BCUT2D eigenvalue weighted by Gasteiger charge is 2.41. The number of hydrogen-bond acceptors (Lipinski definition) is 5. The topological polar surface area (TPSA) is 51.9 Å². The van der Waals surface area contributed by atoms with Crippen molar-refractivity contribution in [2.24, 2.45) is 0 Å². The van der Waals surface area contributed by atoms with Gasteiger partial charge in [0.2, 0.25) is 11.2 Å². The molecule has 0 saturated heterocycles. The Morgan fingerprint density at radius 1 is 1.09 bits per heavy atom. The fourth-order valence-corrected chi connectivity index (χ4v) is 4.78. The zero-order valence-corrected chi connectivity index (χ0v) is 17.5. The average Bonchev–Trinajstić information content (AvgIpc) is 3.33. The van der Waals surface area contributed by atoms with Crippen molar-refractivity contribution < 1.29 is 27.1 Å². The quantitative estimate of drug-likeness (QED) is 0.527. The molecular formula is C24H22F3NO4. The van der Waals surface area contributed by atoms with Gasteiger partial charge in [-0.25, -0.2) is 0 Å². The van der Waals surface area contributed by atoms with Crippen LogP contribution in [0.5, 0.6) is 11.5 Å². The highest BCUT2D eigenvalue weighted by Crippen LogP contribution is 2.42. The van der Waals surface area contributed by atoms with Crippen molar-refractivity contribution in [2.75, 3.05) is 13.8 Å². The Kier molecular flexibility index (Phi) is 5.12. The molecule has 1 fully saturated rings. The van der Waals surface area contributed by atoms with Crippen LogP contribution in [-0.4, -0.2) is 24.8 Å². The van der Waals surface area contributed by atoms with Crippen LogP contribution >= 0.6 is 0 Å². The molecule has 3 aromatic rings. The van der Waals surface area contributed by atoms with Crippen LogP contribution in [0.25, 0.3) is 22.1 Å². The number of methoxy groups -OCH3 is 1. The van der Waals surface area contributed by atoms with E-state index in [0.29, 0.717) is 30.6 Å². The van der Waals surface area contributed by atoms with Gasteiger partial charge in [-0.1, -0.05) is 31.0 Å². The maximum absolute atomic E-state index is 14.1. The molecule has 5 nitrogen and oxygen atoms in total. The van der Waals surface area contributed by atoms with Crippen molar-refractivity contribution >= 4 is 11.0 Å². The lowest BCUT2D eigenvalue weighted by molar-refractivity contribution is -0.152. The van der Waals surface area contributed by atoms with E-state index in [1.54, 1.807) is 18.2 Å². The highest BCUT2D eigenvalue weighted by molar-refractivity contribution is 5.88. The van der Waals surface area contributed by atoms with Crippen molar-refractivity contribution in [1.82, 2.24) is 4.90 Å². The number of hydrogen-bond donors (Lipinski definition) is 0. The molecule has 1 saturated carbocycles. The standard InChI is InChI=1S/C24H22F3NO4/c1-30-18-9-5-4-8-15(18)20-21(29)16-10-11-19-17(22(16)32-23(20)24(25,26)27)12-28(13-31-19)14-6-2-3-7-14/h4-5,8-11,14H,2-3,6-7,12-13H2,1H3. The summed E-state index contributed by atoms with van der Waals surface area (Å²) in [6.07, 6.45) is -0.566. The Morgan fingerprint density at radius 3 is 2.56 bits per heavy atom. The molecule has 8 heteroatoms. The molecule has 0 spiro atoms. The van der Waals surface area contributed by atoms with E-state index in [0.717, 1.165) is 25.7 Å². The lowest BCUT2D eigenvalue weighted by Crippen LogP contribution is -2.39. The summed E-state index contributed by atoms with van der Waals surface area (Å²) in [5.74, 6) is -0.711. The fourth-order valence-electron chi connectivity index (χ4n) is 4.78. The summed E-state index contributed by atoms with van der Waals surface area (Å²) in [7, 11) is 1.35. The van der Waals surface area contributed by atoms with E-state index >= 15 is 0 Å². The predicted molar refractivity (Wildman–Crippen MR) is 113 cm³/mol. The first-order chi connectivity index (χ1) is 15.4. The zero-order valence-electron chi connectivity index (χ0n) is 17.5. The van der Waals surface area contributed by atoms with Gasteiger partial charge in [0.25, 0.3) is 0 Å². The summed E-state index contributed by atoms with van der Waals surface area (Å²) in [6, 6.07) is 9.56. The van der Waals surface area contributed by atoms with Crippen molar-refractivity contribution in [2.45, 2.75) is 44.4 Å². The molecule has 0 bridgehead atoms. The van der Waals surface area contributed by atoms with Crippen molar-refractivity contribution in [3.8, 4) is 22.6 Å². The minimum absolute atomic E-state index is 0.0412. The summed E-state index contributed by atoms with van der Waals surface area (Å²) < 4.78 is 58.9. The van der Waals surface area contributed by atoms with Crippen LogP contribution in [0.2, 0.25) is 0 Å². The first kappa shape index (κ1) is 20.9. The predicted octanol–water partition coefficient (Wildman–Crippen LogP) is 5.58. The SMILES string of the molecule is COc1ccccc1-c1c(C(F)(F)F)oc2c3c(ccc2c1=O)OCN(C1CCCC1)C3. The summed E-state index contributed by atoms with van der Waals surface area (Å²) in [5.41, 5.74) is -0.842. The van der Waals surface area contributed by atoms with Crippen LogP contribution in [0.3, 0.4) is 0 Å². The van der Waals surface area contributed by atoms with Crippen LogP contribution < -0.4 is 14.9 Å². The molecule has 1 aliphatic heterocycles. The van der Waals surface area contributed by atoms with Crippen molar-refractivity contribution in [3.05, 3.63) is 57.9 Å². The summed E-state index contributed by atoms with van der Waals surface area (Å²) in [5, 5.41) is 0.0922. The Hall–Kier alpha value is -3.00. The Morgan fingerprint density at radius 2 is 1.84 bits per heavy atom. The Bertz CT molecular complexity index is 1230. The van der Waals surface area contributed by atoms with Gasteiger partial charge in [0, 0.05) is 18.2 Å². The molecule has 168 valence electrons. The lowest BCUT2D eigenvalue weighted by Gasteiger charge is -2.33. The van der Waals surface area contributed by atoms with Gasteiger partial charge in [-0.15, -0.1) is 0 Å². The molecule has 0 radical (unpaired) electrons. The highest BCUT2D eigenvalue weighted by atomic mass is 19.4. The van der Waals surface area contributed by atoms with Gasteiger partial charge in [0.15, 0.2) is 0 Å². The van der Waals surface area contributed by atoms with Gasteiger partial charge in [-0.3, -0.25) is 9.69 Å². The second-order valence-corrected chi connectivity index (χ2v) is 8.21. The summed E-state index contributed by atoms with van der Waals surface area (Å²) in [6.45, 7) is 0.754. The maximum atomic E-state index is 14.1. The molecule has 0 unspecified atom stereocenters. The first-order valence-corrected chi connectivity index (χ1v) is 10.6. The normalized spacial score (nSPS) is 17.4. The molecule has 1 aromatic heterocycles. The molecule has 5 rings (SSSR count). The van der Waals surface area contributed by atoms with E-state index in [-0.39, 0.29) is 22.3 Å². The lowest BCUT2D eigenvalue weighted by atomic mass is 9.99. The maximum Gasteiger partial charge on any atom is 0.450 e. The molecule has 2 aromatic carbocycles. The van der Waals surface area contributed by atoms with Gasteiger partial charge < -0.3 is 13.9 Å². The van der Waals surface area contributed by atoms with Gasteiger partial charge in [0.1, 0.15) is 23.8 Å². The van der Waals surface area contributed by atoms with Gasteiger partial charge in [-0.2, -0.15) is 13.2 Å². The molecule has 2 aliphatic rings. The second-order valence-electron chi connectivity index (χ2n) is 8.21. The van der Waals surface area contributed by atoms with Gasteiger partial charge in [0.05, 0.1) is 23.6 Å². The number of nitrogens with zero attached hydrogens (tertiary/aromatic N) is 1. The molecule has 2 heterocycles. The molecular weight excluding hydrogens is 423 g/mol. The Labute approximate surface area is 182 Å². The molecule has 1 aliphatic carbocycles. The molecule has 32 heavy (non-hydrogen) atoms. The third kappa shape index (κ3) is 3.43. The van der Waals surface area contributed by atoms with E-state index in [4.69, 9.17) is 13.9 Å².